The summed E-state index contributed by atoms with van der Waals surface area (Å²) >= 11 is 1.24. The van der Waals surface area contributed by atoms with Gasteiger partial charge < -0.3 is 10.2 Å². The van der Waals surface area contributed by atoms with Crippen molar-refractivity contribution in [1.82, 2.24) is 9.97 Å². The zero-order valence-electron chi connectivity index (χ0n) is 13.5. The van der Waals surface area contributed by atoms with Crippen LogP contribution in [0.3, 0.4) is 0 Å². The lowest BCUT2D eigenvalue weighted by atomic mass is 10.1. The number of aromatic hydroxyl groups is 2. The summed E-state index contributed by atoms with van der Waals surface area (Å²) in [6, 6.07) is 15.7. The number of phenols is 2. The summed E-state index contributed by atoms with van der Waals surface area (Å²) in [6.45, 7) is 1.89. The molecule has 3 aromatic rings. The lowest BCUT2D eigenvalue weighted by Crippen LogP contribution is -2.03. The molecule has 0 atom stereocenters. The second-order valence-corrected chi connectivity index (χ2v) is 6.40. The van der Waals surface area contributed by atoms with Crippen LogP contribution in [0.5, 0.6) is 11.5 Å². The molecule has 0 unspecified atom stereocenters. The van der Waals surface area contributed by atoms with Crippen LogP contribution in [0.2, 0.25) is 0 Å². The predicted octanol–water partition coefficient (Wildman–Crippen LogP) is 3.84. The third-order valence-electron chi connectivity index (χ3n) is 3.53. The summed E-state index contributed by atoms with van der Waals surface area (Å²) in [7, 11) is 0. The zero-order chi connectivity index (χ0) is 17.8. The summed E-state index contributed by atoms with van der Waals surface area (Å²) < 4.78 is 0. The van der Waals surface area contributed by atoms with Gasteiger partial charge in [-0.3, -0.25) is 4.79 Å². The fraction of sp³-hybridized carbons (Fsp3) is 0.105. The molecule has 0 aliphatic heterocycles. The summed E-state index contributed by atoms with van der Waals surface area (Å²) in [4.78, 5) is 21.1. The van der Waals surface area contributed by atoms with Gasteiger partial charge >= 0.3 is 0 Å². The monoisotopic (exact) mass is 352 g/mol. The van der Waals surface area contributed by atoms with Gasteiger partial charge in [0.05, 0.1) is 11.4 Å². The Kier molecular flexibility index (Phi) is 5.00. The van der Waals surface area contributed by atoms with E-state index in [-0.39, 0.29) is 23.0 Å². The van der Waals surface area contributed by atoms with E-state index in [9.17, 15) is 15.0 Å². The standard InChI is InChI=1S/C19H16N2O3S/c1-12-9-15(13-5-3-2-4-6-13)21-19(20-12)25-11-18(24)14-7-8-16(22)17(23)10-14/h2-10,22-23H,11H2,1H3. The Hall–Kier alpha value is -2.86. The van der Waals surface area contributed by atoms with Crippen LogP contribution >= 0.6 is 11.8 Å². The third-order valence-corrected chi connectivity index (χ3v) is 4.38. The molecule has 2 aromatic carbocycles. The molecule has 5 nitrogen and oxygen atoms in total. The van der Waals surface area contributed by atoms with Crippen molar-refractivity contribution in [3.05, 3.63) is 65.9 Å². The van der Waals surface area contributed by atoms with Crippen molar-refractivity contribution in [3.8, 4) is 22.8 Å². The van der Waals surface area contributed by atoms with Crippen molar-refractivity contribution < 1.29 is 15.0 Å². The first-order chi connectivity index (χ1) is 12.0. The largest absolute Gasteiger partial charge is 0.504 e. The second kappa shape index (κ2) is 7.36. The van der Waals surface area contributed by atoms with Gasteiger partial charge in [0, 0.05) is 16.8 Å². The van der Waals surface area contributed by atoms with Crippen LogP contribution in [0.25, 0.3) is 11.3 Å². The fourth-order valence-corrected chi connectivity index (χ4v) is 3.07. The molecule has 0 saturated heterocycles. The molecule has 1 heterocycles. The molecule has 6 heteroatoms. The number of nitrogens with zero attached hydrogens (tertiary/aromatic N) is 2. The number of ketones is 1. The van der Waals surface area contributed by atoms with Crippen LogP contribution in [-0.2, 0) is 0 Å². The number of carbonyl (C=O) groups is 1. The molecule has 0 radical (unpaired) electrons. The molecular formula is C19H16N2O3S. The van der Waals surface area contributed by atoms with Gasteiger partial charge in [0.15, 0.2) is 22.4 Å². The van der Waals surface area contributed by atoms with Gasteiger partial charge in [-0.1, -0.05) is 42.1 Å². The molecule has 0 bridgehead atoms. The first-order valence-corrected chi connectivity index (χ1v) is 8.60. The van der Waals surface area contributed by atoms with Crippen molar-refractivity contribution in [2.45, 2.75) is 12.1 Å². The van der Waals surface area contributed by atoms with E-state index >= 15 is 0 Å². The molecule has 0 amide bonds. The Morgan fingerprint density at radius 1 is 1.00 bits per heavy atom. The maximum absolute atomic E-state index is 12.3. The molecule has 2 N–H and O–H groups in total. The maximum Gasteiger partial charge on any atom is 0.188 e. The van der Waals surface area contributed by atoms with Crippen molar-refractivity contribution in [3.63, 3.8) is 0 Å². The number of aromatic nitrogens is 2. The maximum atomic E-state index is 12.3. The summed E-state index contributed by atoms with van der Waals surface area (Å²) in [6.07, 6.45) is 0. The highest BCUT2D eigenvalue weighted by Crippen LogP contribution is 2.26. The van der Waals surface area contributed by atoms with Crippen LogP contribution in [0, 0.1) is 6.92 Å². The number of thioether (sulfide) groups is 1. The highest BCUT2D eigenvalue weighted by atomic mass is 32.2. The quantitative estimate of drug-likeness (QED) is 0.314. The number of carbonyl (C=O) groups excluding carboxylic acids is 1. The molecule has 126 valence electrons. The lowest BCUT2D eigenvalue weighted by Gasteiger charge is -2.06. The Morgan fingerprint density at radius 2 is 1.76 bits per heavy atom. The molecule has 1 aromatic heterocycles. The van der Waals surface area contributed by atoms with Gasteiger partial charge in [0.1, 0.15) is 0 Å². The molecule has 0 saturated carbocycles. The average molecular weight is 352 g/mol. The van der Waals surface area contributed by atoms with Gasteiger partial charge in [0.2, 0.25) is 0 Å². The summed E-state index contributed by atoms with van der Waals surface area (Å²) in [5.74, 6) is -0.596. The highest BCUT2D eigenvalue weighted by molar-refractivity contribution is 7.99. The van der Waals surface area contributed by atoms with Gasteiger partial charge in [-0.15, -0.1) is 0 Å². The highest BCUT2D eigenvalue weighted by Gasteiger charge is 2.12. The number of rotatable bonds is 5. The van der Waals surface area contributed by atoms with Crippen LogP contribution < -0.4 is 0 Å². The number of hydrogen-bond acceptors (Lipinski definition) is 6. The Morgan fingerprint density at radius 3 is 2.48 bits per heavy atom. The van der Waals surface area contributed by atoms with Crippen LogP contribution in [0.1, 0.15) is 16.1 Å². The van der Waals surface area contributed by atoms with E-state index in [1.165, 1.54) is 30.0 Å². The molecule has 0 aliphatic carbocycles. The fourth-order valence-electron chi connectivity index (χ4n) is 2.27. The van der Waals surface area contributed by atoms with E-state index in [0.717, 1.165) is 17.0 Å². The summed E-state index contributed by atoms with van der Waals surface area (Å²) in [5.41, 5.74) is 2.96. The molecule has 0 aliphatic rings. The van der Waals surface area contributed by atoms with Gasteiger partial charge in [0.25, 0.3) is 0 Å². The Labute approximate surface area is 149 Å². The first kappa shape index (κ1) is 17.0. The first-order valence-electron chi connectivity index (χ1n) is 7.62. The lowest BCUT2D eigenvalue weighted by molar-refractivity contribution is 0.102. The van der Waals surface area contributed by atoms with E-state index in [2.05, 4.69) is 9.97 Å². The minimum atomic E-state index is -0.311. The number of Topliss-reactive ketones (excluding diaryl/α,β-unsaturated/α-hetero) is 1. The average Bonchev–Trinajstić information content (AvgIpc) is 2.62. The molecule has 3 rings (SSSR count). The second-order valence-electron chi connectivity index (χ2n) is 5.46. The number of benzene rings is 2. The minimum absolute atomic E-state index is 0.141. The van der Waals surface area contributed by atoms with Gasteiger partial charge in [-0.25, -0.2) is 9.97 Å². The topological polar surface area (TPSA) is 83.3 Å². The van der Waals surface area contributed by atoms with Crippen LogP contribution in [-0.4, -0.2) is 31.7 Å². The molecule has 0 spiro atoms. The Balaban J connectivity index is 1.76. The predicted molar refractivity (Wildman–Crippen MR) is 97.0 cm³/mol. The molecule has 0 fully saturated rings. The van der Waals surface area contributed by atoms with Crippen LogP contribution in [0.15, 0.2) is 59.8 Å². The zero-order valence-corrected chi connectivity index (χ0v) is 14.3. The van der Waals surface area contributed by atoms with Crippen molar-refractivity contribution in [2.24, 2.45) is 0 Å². The van der Waals surface area contributed by atoms with Crippen molar-refractivity contribution in [1.29, 1.82) is 0 Å². The van der Waals surface area contributed by atoms with E-state index in [0.29, 0.717) is 10.7 Å². The molecule has 25 heavy (non-hydrogen) atoms. The van der Waals surface area contributed by atoms with Gasteiger partial charge in [-0.2, -0.15) is 0 Å². The minimum Gasteiger partial charge on any atom is -0.504 e. The normalized spacial score (nSPS) is 10.6. The SMILES string of the molecule is Cc1cc(-c2ccccc2)nc(SCC(=O)c2ccc(O)c(O)c2)n1. The van der Waals surface area contributed by atoms with E-state index in [1.54, 1.807) is 0 Å². The van der Waals surface area contributed by atoms with E-state index < -0.39 is 0 Å². The van der Waals surface area contributed by atoms with Crippen molar-refractivity contribution >= 4 is 17.5 Å². The summed E-state index contributed by atoms with van der Waals surface area (Å²) in [5, 5.41) is 19.3. The molecular weight excluding hydrogens is 336 g/mol. The number of aryl methyl sites for hydroxylation is 1. The van der Waals surface area contributed by atoms with Crippen molar-refractivity contribution in [2.75, 3.05) is 5.75 Å². The van der Waals surface area contributed by atoms with Crippen LogP contribution in [0.4, 0.5) is 0 Å². The smallest absolute Gasteiger partial charge is 0.188 e. The van der Waals surface area contributed by atoms with E-state index in [4.69, 9.17) is 0 Å². The van der Waals surface area contributed by atoms with E-state index in [1.807, 2.05) is 43.3 Å². The Bertz CT molecular complexity index is 914. The third kappa shape index (κ3) is 4.16. The van der Waals surface area contributed by atoms with Gasteiger partial charge in [-0.05, 0) is 31.2 Å². The number of hydrogen-bond donors (Lipinski definition) is 2. The number of phenolic OH excluding ortho intramolecular Hbond substituents is 2.